The van der Waals surface area contributed by atoms with Crippen molar-refractivity contribution in [2.24, 2.45) is 17.8 Å². The van der Waals surface area contributed by atoms with Gasteiger partial charge in [0.25, 0.3) is 0 Å². The first-order valence-corrected chi connectivity index (χ1v) is 13.3. The van der Waals surface area contributed by atoms with Crippen molar-refractivity contribution in [2.75, 3.05) is 18.0 Å². The van der Waals surface area contributed by atoms with Crippen LogP contribution in [0.5, 0.6) is 5.75 Å². The van der Waals surface area contributed by atoms with Crippen LogP contribution in [-0.4, -0.2) is 50.3 Å². The maximum atomic E-state index is 13.1. The highest BCUT2D eigenvalue weighted by atomic mass is 19.3. The molecule has 3 aliphatic rings. The first-order chi connectivity index (χ1) is 19.0. The molecule has 2 aromatic carbocycles. The SMILES string of the molecule is O=C(O)C1C2CCC1CN(c1ncc(-c3ccc4nc5n(c4c3)C(c3ccccc3OC(F)F)CC5)cn1)C2. The Labute approximate surface area is 223 Å². The minimum Gasteiger partial charge on any atom is -0.481 e. The third kappa shape index (κ3) is 4.09. The molecule has 2 aliphatic heterocycles. The monoisotopic (exact) mass is 531 g/mol. The number of carboxylic acid groups (broad SMARTS) is 1. The van der Waals surface area contributed by atoms with Crippen LogP contribution < -0.4 is 9.64 Å². The zero-order valence-electron chi connectivity index (χ0n) is 21.1. The first kappa shape index (κ1) is 24.0. The fraction of sp³-hybridized carbons (Fsp3) is 0.379. The second-order valence-electron chi connectivity index (χ2n) is 10.7. The third-order valence-electron chi connectivity index (χ3n) is 8.58. The van der Waals surface area contributed by atoms with Crippen molar-refractivity contribution in [2.45, 2.75) is 38.3 Å². The molecule has 2 aromatic heterocycles. The third-order valence-corrected chi connectivity index (χ3v) is 8.58. The lowest BCUT2D eigenvalue weighted by atomic mass is 9.85. The summed E-state index contributed by atoms with van der Waals surface area (Å²) >= 11 is 0. The number of imidazole rings is 1. The van der Waals surface area contributed by atoms with Crippen molar-refractivity contribution in [3.8, 4) is 16.9 Å². The van der Waals surface area contributed by atoms with Gasteiger partial charge in [-0.05, 0) is 54.9 Å². The number of ether oxygens (including phenoxy) is 1. The summed E-state index contributed by atoms with van der Waals surface area (Å²) in [6.07, 6.45) is 6.98. The Morgan fingerprint density at radius 2 is 1.74 bits per heavy atom. The van der Waals surface area contributed by atoms with Gasteiger partial charge in [-0.15, -0.1) is 0 Å². The van der Waals surface area contributed by atoms with Gasteiger partial charge in [-0.1, -0.05) is 24.3 Å². The van der Waals surface area contributed by atoms with Crippen molar-refractivity contribution in [3.05, 3.63) is 66.2 Å². The summed E-state index contributed by atoms with van der Waals surface area (Å²) in [6, 6.07) is 12.8. The van der Waals surface area contributed by atoms with Gasteiger partial charge in [0.1, 0.15) is 11.6 Å². The van der Waals surface area contributed by atoms with Gasteiger partial charge in [-0.2, -0.15) is 8.78 Å². The van der Waals surface area contributed by atoms with Crippen LogP contribution in [0.15, 0.2) is 54.9 Å². The molecule has 0 radical (unpaired) electrons. The van der Waals surface area contributed by atoms with E-state index in [2.05, 4.69) is 25.5 Å². The van der Waals surface area contributed by atoms with E-state index in [9.17, 15) is 18.7 Å². The van der Waals surface area contributed by atoms with Crippen molar-refractivity contribution in [1.82, 2.24) is 19.5 Å². The van der Waals surface area contributed by atoms with Crippen LogP contribution in [0.4, 0.5) is 14.7 Å². The lowest BCUT2D eigenvalue weighted by Crippen LogP contribution is -2.45. The zero-order chi connectivity index (χ0) is 26.7. The van der Waals surface area contributed by atoms with Gasteiger partial charge in [0.05, 0.1) is 23.0 Å². The second-order valence-corrected chi connectivity index (χ2v) is 10.7. The molecule has 10 heteroatoms. The molecule has 4 heterocycles. The zero-order valence-corrected chi connectivity index (χ0v) is 21.1. The van der Waals surface area contributed by atoms with E-state index in [4.69, 9.17) is 9.72 Å². The smallest absolute Gasteiger partial charge is 0.387 e. The summed E-state index contributed by atoms with van der Waals surface area (Å²) in [4.78, 5) is 27.9. The average Bonchev–Trinajstić information content (AvgIpc) is 3.58. The number of para-hydroxylation sites is 1. The summed E-state index contributed by atoms with van der Waals surface area (Å²) < 4.78 is 33.1. The summed E-state index contributed by atoms with van der Waals surface area (Å²) in [6.45, 7) is -1.56. The van der Waals surface area contributed by atoms with Crippen LogP contribution in [0.3, 0.4) is 0 Å². The standard InChI is InChI=1S/C29H27F2N5O3/c30-28(31)39-24-4-2-1-3-20(24)22-9-10-25-34-21-8-7-16(11-23(21)36(22)25)19-12-32-29(33-13-19)35-14-17-5-6-18(15-35)26(17)27(37)38/h1-4,7-8,11-13,17-18,22,26,28H,5-6,9-10,14-15H2,(H,37,38). The molecule has 39 heavy (non-hydrogen) atoms. The van der Waals surface area contributed by atoms with Crippen molar-refractivity contribution in [1.29, 1.82) is 0 Å². The molecule has 0 spiro atoms. The number of aromatic nitrogens is 4. The highest BCUT2D eigenvalue weighted by Crippen LogP contribution is 2.43. The molecular weight excluding hydrogens is 504 g/mol. The maximum absolute atomic E-state index is 13.1. The second kappa shape index (κ2) is 9.29. The van der Waals surface area contributed by atoms with Crippen molar-refractivity contribution in [3.63, 3.8) is 0 Å². The first-order valence-electron chi connectivity index (χ1n) is 13.3. The molecule has 0 amide bonds. The van der Waals surface area contributed by atoms with Crippen LogP contribution in [0.2, 0.25) is 0 Å². The predicted molar refractivity (Wildman–Crippen MR) is 140 cm³/mol. The molecule has 4 aromatic rings. The van der Waals surface area contributed by atoms with Gasteiger partial charge in [-0.25, -0.2) is 15.0 Å². The number of rotatable bonds is 6. The van der Waals surface area contributed by atoms with Gasteiger partial charge < -0.3 is 19.3 Å². The lowest BCUT2D eigenvalue weighted by molar-refractivity contribution is -0.144. The van der Waals surface area contributed by atoms with E-state index < -0.39 is 12.6 Å². The number of piperidine rings is 1. The topological polar surface area (TPSA) is 93.4 Å². The molecular formula is C29H27F2N5O3. The van der Waals surface area contributed by atoms with E-state index in [0.717, 1.165) is 59.2 Å². The van der Waals surface area contributed by atoms with Crippen LogP contribution in [0.25, 0.3) is 22.2 Å². The van der Waals surface area contributed by atoms with E-state index >= 15 is 0 Å². The van der Waals surface area contributed by atoms with Crippen molar-refractivity contribution < 1.29 is 23.4 Å². The molecule has 1 saturated carbocycles. The number of alkyl halides is 2. The molecule has 2 bridgehead atoms. The Hall–Kier alpha value is -4.08. The molecule has 1 saturated heterocycles. The maximum Gasteiger partial charge on any atom is 0.387 e. The summed E-state index contributed by atoms with van der Waals surface area (Å²) in [5.41, 5.74) is 4.28. The molecule has 3 unspecified atom stereocenters. The highest BCUT2D eigenvalue weighted by Gasteiger charge is 2.46. The minimum atomic E-state index is -2.89. The number of carboxylic acids is 1. The number of benzene rings is 2. The van der Waals surface area contributed by atoms with E-state index in [0.29, 0.717) is 19.0 Å². The van der Waals surface area contributed by atoms with Crippen LogP contribution in [0.1, 0.15) is 36.7 Å². The number of aliphatic carboxylic acids is 1. The highest BCUT2D eigenvalue weighted by molar-refractivity contribution is 5.83. The summed E-state index contributed by atoms with van der Waals surface area (Å²) in [5, 5.41) is 9.59. The van der Waals surface area contributed by atoms with Crippen molar-refractivity contribution >= 4 is 23.0 Å². The van der Waals surface area contributed by atoms with E-state index in [1.165, 1.54) is 0 Å². The summed E-state index contributed by atoms with van der Waals surface area (Å²) in [5.74, 6) is 1.06. The Morgan fingerprint density at radius 3 is 2.46 bits per heavy atom. The molecule has 1 N–H and O–H groups in total. The van der Waals surface area contributed by atoms with Gasteiger partial charge in [0, 0.05) is 43.0 Å². The number of hydrogen-bond donors (Lipinski definition) is 1. The molecule has 1 aliphatic carbocycles. The quantitative estimate of drug-likeness (QED) is 0.367. The Morgan fingerprint density at radius 1 is 1.00 bits per heavy atom. The van der Waals surface area contributed by atoms with E-state index in [1.54, 1.807) is 24.5 Å². The van der Waals surface area contributed by atoms with E-state index in [-0.39, 0.29) is 29.5 Å². The Kier molecular flexibility index (Phi) is 5.71. The molecule has 3 atom stereocenters. The Bertz CT molecular complexity index is 1540. The van der Waals surface area contributed by atoms with Gasteiger partial charge in [0.2, 0.25) is 5.95 Å². The number of anilines is 1. The minimum absolute atomic E-state index is 0.139. The Balaban J connectivity index is 1.18. The lowest BCUT2D eigenvalue weighted by Gasteiger charge is -2.35. The van der Waals surface area contributed by atoms with Gasteiger partial charge in [-0.3, -0.25) is 4.79 Å². The van der Waals surface area contributed by atoms with Gasteiger partial charge >= 0.3 is 12.6 Å². The number of nitrogens with zero attached hydrogens (tertiary/aromatic N) is 5. The molecule has 7 rings (SSSR count). The average molecular weight is 532 g/mol. The fourth-order valence-corrected chi connectivity index (χ4v) is 6.92. The van der Waals surface area contributed by atoms with E-state index in [1.807, 2.05) is 24.3 Å². The summed E-state index contributed by atoms with van der Waals surface area (Å²) in [7, 11) is 0. The van der Waals surface area contributed by atoms with Crippen LogP contribution in [0, 0.1) is 17.8 Å². The number of fused-ring (bicyclic) bond motifs is 5. The van der Waals surface area contributed by atoms with Crippen LogP contribution >= 0.6 is 0 Å². The number of carbonyl (C=O) groups is 1. The number of halogens is 2. The van der Waals surface area contributed by atoms with Crippen LogP contribution in [-0.2, 0) is 11.2 Å². The number of hydrogen-bond acceptors (Lipinski definition) is 6. The largest absolute Gasteiger partial charge is 0.481 e. The molecule has 8 nitrogen and oxygen atoms in total. The predicted octanol–water partition coefficient (Wildman–Crippen LogP) is 5.18. The fourth-order valence-electron chi connectivity index (χ4n) is 6.92. The van der Waals surface area contributed by atoms with Gasteiger partial charge in [0.15, 0.2) is 0 Å². The molecule has 2 fully saturated rings. The molecule has 200 valence electrons. The normalized spacial score (nSPS) is 23.9. The number of aryl methyl sites for hydroxylation is 1.